The van der Waals surface area contributed by atoms with Gasteiger partial charge in [-0.15, -0.1) is 11.8 Å². The van der Waals surface area contributed by atoms with E-state index in [1.54, 1.807) is 23.9 Å². The molecule has 6 heteroatoms. The fourth-order valence-electron chi connectivity index (χ4n) is 1.79. The Labute approximate surface area is 134 Å². The third-order valence-electron chi connectivity index (χ3n) is 2.91. The van der Waals surface area contributed by atoms with E-state index < -0.39 is 9.84 Å². The second-order valence-corrected chi connectivity index (χ2v) is 7.94. The summed E-state index contributed by atoms with van der Waals surface area (Å²) in [5.41, 5.74) is 0.599. The molecule has 2 aromatic carbocycles. The lowest BCUT2D eigenvalue weighted by Gasteiger charge is -2.06. The first-order valence-corrected chi connectivity index (χ1v) is 9.61. The first kappa shape index (κ1) is 16.6. The maximum absolute atomic E-state index is 11.8. The van der Waals surface area contributed by atoms with Gasteiger partial charge in [0.2, 0.25) is 5.91 Å². The predicted molar refractivity (Wildman–Crippen MR) is 90.0 cm³/mol. The van der Waals surface area contributed by atoms with Crippen molar-refractivity contribution in [2.45, 2.75) is 16.2 Å². The topological polar surface area (TPSA) is 63.2 Å². The standard InChI is InChI=1S/C16H17NO3S2/c1-22(19,20)15-9-7-13(8-10-15)17-16(18)11-12-21-14-5-3-2-4-6-14/h2-10H,11-12H2,1H3,(H,17,18). The monoisotopic (exact) mass is 335 g/mol. The van der Waals surface area contributed by atoms with Gasteiger partial charge in [0.25, 0.3) is 0 Å². The number of anilines is 1. The summed E-state index contributed by atoms with van der Waals surface area (Å²) in [6.45, 7) is 0. The van der Waals surface area contributed by atoms with E-state index in [0.29, 0.717) is 17.9 Å². The molecule has 0 aromatic heterocycles. The highest BCUT2D eigenvalue weighted by molar-refractivity contribution is 7.99. The van der Waals surface area contributed by atoms with Crippen LogP contribution in [0.4, 0.5) is 5.69 Å². The number of nitrogens with one attached hydrogen (secondary N) is 1. The minimum Gasteiger partial charge on any atom is -0.326 e. The van der Waals surface area contributed by atoms with Crippen molar-refractivity contribution in [1.29, 1.82) is 0 Å². The Bertz CT molecular complexity index is 726. The minimum absolute atomic E-state index is 0.0875. The number of rotatable bonds is 6. The highest BCUT2D eigenvalue weighted by Crippen LogP contribution is 2.18. The van der Waals surface area contributed by atoms with Crippen LogP contribution in [-0.4, -0.2) is 26.3 Å². The molecule has 2 aromatic rings. The fraction of sp³-hybridized carbons (Fsp3) is 0.188. The zero-order valence-corrected chi connectivity index (χ0v) is 13.8. The molecule has 0 aliphatic rings. The molecule has 0 unspecified atom stereocenters. The summed E-state index contributed by atoms with van der Waals surface area (Å²) in [6.07, 6.45) is 1.55. The van der Waals surface area contributed by atoms with Crippen LogP contribution in [-0.2, 0) is 14.6 Å². The van der Waals surface area contributed by atoms with Crippen molar-refractivity contribution < 1.29 is 13.2 Å². The van der Waals surface area contributed by atoms with E-state index in [1.165, 1.54) is 12.1 Å². The number of amides is 1. The van der Waals surface area contributed by atoms with Gasteiger partial charge in [0.15, 0.2) is 9.84 Å². The fourth-order valence-corrected chi connectivity index (χ4v) is 3.29. The molecule has 22 heavy (non-hydrogen) atoms. The SMILES string of the molecule is CS(=O)(=O)c1ccc(NC(=O)CCSc2ccccc2)cc1. The van der Waals surface area contributed by atoms with Crippen molar-refractivity contribution >= 4 is 33.2 Å². The average Bonchev–Trinajstić information content (AvgIpc) is 2.48. The Balaban J connectivity index is 1.82. The summed E-state index contributed by atoms with van der Waals surface area (Å²) in [6, 6.07) is 16.1. The number of sulfone groups is 1. The quantitative estimate of drug-likeness (QED) is 0.823. The smallest absolute Gasteiger partial charge is 0.225 e. The van der Waals surface area contributed by atoms with Crippen LogP contribution in [0.15, 0.2) is 64.4 Å². The predicted octanol–water partition coefficient (Wildman–Crippen LogP) is 3.21. The zero-order chi connectivity index (χ0) is 16.0. The summed E-state index contributed by atoms with van der Waals surface area (Å²) in [5, 5.41) is 2.76. The van der Waals surface area contributed by atoms with Crippen molar-refractivity contribution in [3.05, 3.63) is 54.6 Å². The molecule has 0 fully saturated rings. The van der Waals surface area contributed by atoms with E-state index in [9.17, 15) is 13.2 Å². The summed E-state index contributed by atoms with van der Waals surface area (Å²) in [4.78, 5) is 13.2. The van der Waals surface area contributed by atoms with Crippen molar-refractivity contribution in [3.63, 3.8) is 0 Å². The van der Waals surface area contributed by atoms with Crippen LogP contribution in [0.3, 0.4) is 0 Å². The minimum atomic E-state index is -3.21. The van der Waals surface area contributed by atoms with E-state index >= 15 is 0 Å². The summed E-state index contributed by atoms with van der Waals surface area (Å²) in [5.74, 6) is 0.604. The van der Waals surface area contributed by atoms with Crippen molar-refractivity contribution in [3.8, 4) is 0 Å². The molecule has 0 bridgehead atoms. The number of benzene rings is 2. The highest BCUT2D eigenvalue weighted by Gasteiger charge is 2.07. The number of carbonyl (C=O) groups is 1. The molecule has 0 radical (unpaired) electrons. The second-order valence-electron chi connectivity index (χ2n) is 4.76. The van der Waals surface area contributed by atoms with Gasteiger partial charge in [0.1, 0.15) is 0 Å². The normalized spacial score (nSPS) is 11.1. The molecular formula is C16H17NO3S2. The Morgan fingerprint density at radius 1 is 1.05 bits per heavy atom. The molecular weight excluding hydrogens is 318 g/mol. The number of hydrogen-bond donors (Lipinski definition) is 1. The third kappa shape index (κ3) is 5.20. The van der Waals surface area contributed by atoms with E-state index in [4.69, 9.17) is 0 Å². The molecule has 0 saturated carbocycles. The van der Waals surface area contributed by atoms with Crippen LogP contribution in [0, 0.1) is 0 Å². The van der Waals surface area contributed by atoms with E-state index in [0.717, 1.165) is 11.2 Å². The second kappa shape index (κ2) is 7.47. The van der Waals surface area contributed by atoms with Crippen LogP contribution in [0.25, 0.3) is 0 Å². The average molecular weight is 335 g/mol. The molecule has 116 valence electrons. The molecule has 1 N–H and O–H groups in total. The van der Waals surface area contributed by atoms with Gasteiger partial charge >= 0.3 is 0 Å². The van der Waals surface area contributed by atoms with Crippen LogP contribution in [0.1, 0.15) is 6.42 Å². The van der Waals surface area contributed by atoms with E-state index in [1.807, 2.05) is 30.3 Å². The Hall–Kier alpha value is -1.79. The van der Waals surface area contributed by atoms with Gasteiger partial charge in [0.05, 0.1) is 4.90 Å². The molecule has 0 heterocycles. The molecule has 0 saturated heterocycles. The Morgan fingerprint density at radius 2 is 1.68 bits per heavy atom. The van der Waals surface area contributed by atoms with Crippen molar-refractivity contribution in [2.24, 2.45) is 0 Å². The van der Waals surface area contributed by atoms with Gasteiger partial charge in [0, 0.05) is 29.0 Å². The maximum atomic E-state index is 11.8. The van der Waals surface area contributed by atoms with Gasteiger partial charge in [-0.1, -0.05) is 18.2 Å². The number of carbonyl (C=O) groups excluding carboxylic acids is 1. The first-order valence-electron chi connectivity index (χ1n) is 6.73. The third-order valence-corrected chi connectivity index (χ3v) is 5.05. The summed E-state index contributed by atoms with van der Waals surface area (Å²) >= 11 is 1.62. The lowest BCUT2D eigenvalue weighted by molar-refractivity contribution is -0.115. The van der Waals surface area contributed by atoms with Crippen molar-refractivity contribution in [2.75, 3.05) is 17.3 Å². The van der Waals surface area contributed by atoms with Crippen molar-refractivity contribution in [1.82, 2.24) is 0 Å². The Morgan fingerprint density at radius 3 is 2.27 bits per heavy atom. The molecule has 1 amide bonds. The summed E-state index contributed by atoms with van der Waals surface area (Å²) < 4.78 is 22.7. The lowest BCUT2D eigenvalue weighted by Crippen LogP contribution is -2.12. The Kier molecular flexibility index (Phi) is 5.63. The molecule has 0 atom stereocenters. The van der Waals surface area contributed by atoms with E-state index in [-0.39, 0.29) is 10.8 Å². The largest absolute Gasteiger partial charge is 0.326 e. The molecule has 0 aliphatic heterocycles. The van der Waals surface area contributed by atoms with Gasteiger partial charge in [-0.05, 0) is 36.4 Å². The van der Waals surface area contributed by atoms with Gasteiger partial charge < -0.3 is 5.32 Å². The molecule has 2 rings (SSSR count). The lowest BCUT2D eigenvalue weighted by atomic mass is 10.3. The van der Waals surface area contributed by atoms with Gasteiger partial charge in [-0.2, -0.15) is 0 Å². The summed E-state index contributed by atoms with van der Waals surface area (Å²) in [7, 11) is -3.21. The molecule has 0 aliphatic carbocycles. The first-order chi connectivity index (χ1) is 10.4. The maximum Gasteiger partial charge on any atom is 0.225 e. The molecule has 4 nitrogen and oxygen atoms in total. The van der Waals surface area contributed by atoms with Crippen LogP contribution in [0.5, 0.6) is 0 Å². The number of thioether (sulfide) groups is 1. The zero-order valence-electron chi connectivity index (χ0n) is 12.2. The van der Waals surface area contributed by atoms with Crippen LogP contribution < -0.4 is 5.32 Å². The highest BCUT2D eigenvalue weighted by atomic mass is 32.2. The van der Waals surface area contributed by atoms with Crippen LogP contribution >= 0.6 is 11.8 Å². The van der Waals surface area contributed by atoms with Gasteiger partial charge in [-0.25, -0.2) is 8.42 Å². The molecule has 0 spiro atoms. The van der Waals surface area contributed by atoms with Crippen LogP contribution in [0.2, 0.25) is 0 Å². The van der Waals surface area contributed by atoms with Gasteiger partial charge in [-0.3, -0.25) is 4.79 Å². The number of hydrogen-bond acceptors (Lipinski definition) is 4. The van der Waals surface area contributed by atoms with E-state index in [2.05, 4.69) is 5.32 Å².